The first-order valence-electron chi connectivity index (χ1n) is 4.11. The second-order valence-corrected chi connectivity index (χ2v) is 3.98. The van der Waals surface area contributed by atoms with E-state index in [1.165, 1.54) is 0 Å². The molecule has 2 N–H and O–H groups in total. The first-order valence-corrected chi connectivity index (χ1v) is 5.19. The van der Waals surface area contributed by atoms with Crippen molar-refractivity contribution in [2.24, 2.45) is 0 Å². The predicted molar refractivity (Wildman–Crippen MR) is 63.2 cm³/mol. The summed E-state index contributed by atoms with van der Waals surface area (Å²) in [6.07, 6.45) is 3.44. The number of hydrogen-bond acceptors (Lipinski definition) is 3. The van der Waals surface area contributed by atoms with Gasteiger partial charge in [-0.3, -0.25) is 4.98 Å². The number of nitrogen functional groups attached to an aromatic ring is 1. The van der Waals surface area contributed by atoms with Crippen molar-refractivity contribution in [3.8, 4) is 5.69 Å². The molecule has 0 aliphatic heterocycles. The molecule has 2 heterocycles. The van der Waals surface area contributed by atoms with Crippen LogP contribution in [0.4, 0.5) is 5.82 Å². The number of pyridine rings is 1. The van der Waals surface area contributed by atoms with Crippen molar-refractivity contribution in [2.45, 2.75) is 6.92 Å². The molecule has 0 spiro atoms. The number of anilines is 1. The molecule has 0 atom stereocenters. The van der Waals surface area contributed by atoms with E-state index in [9.17, 15) is 0 Å². The molecule has 2 aromatic rings. The van der Waals surface area contributed by atoms with Crippen LogP contribution in [-0.4, -0.2) is 14.8 Å². The first kappa shape index (κ1) is 9.45. The van der Waals surface area contributed by atoms with Gasteiger partial charge in [0.25, 0.3) is 0 Å². The molecule has 0 radical (unpaired) electrons. The largest absolute Gasteiger partial charge is 0.383 e. The summed E-state index contributed by atoms with van der Waals surface area (Å²) < 4.78 is 2.72. The maximum Gasteiger partial charge on any atom is 0.140 e. The minimum Gasteiger partial charge on any atom is -0.383 e. The molecule has 0 aromatic carbocycles. The molecule has 2 aromatic heterocycles. The molecule has 0 saturated heterocycles. The van der Waals surface area contributed by atoms with Crippen molar-refractivity contribution >= 4 is 28.4 Å². The van der Waals surface area contributed by atoms with Crippen LogP contribution >= 0.6 is 22.6 Å². The third-order valence-corrected chi connectivity index (χ3v) is 3.26. The molecule has 4 nitrogen and oxygen atoms in total. The minimum absolute atomic E-state index is 0.675. The highest BCUT2D eigenvalue weighted by atomic mass is 127. The van der Waals surface area contributed by atoms with Gasteiger partial charge in [0.05, 0.1) is 15.0 Å². The summed E-state index contributed by atoms with van der Waals surface area (Å²) in [4.78, 5) is 3.95. The molecule has 0 saturated carbocycles. The molecule has 2 rings (SSSR count). The van der Waals surface area contributed by atoms with Crippen LogP contribution < -0.4 is 5.73 Å². The summed E-state index contributed by atoms with van der Waals surface area (Å²) in [5.74, 6) is 0.675. The standard InChI is InChI=1S/C9H9IN4/c1-6-8(10)9(11)14(13-6)7-2-4-12-5-3-7/h2-5H,11H2,1H3. The molecular formula is C9H9IN4. The third kappa shape index (κ3) is 1.47. The summed E-state index contributed by atoms with van der Waals surface area (Å²) in [6, 6.07) is 3.75. The SMILES string of the molecule is Cc1nn(-c2ccncc2)c(N)c1I. The average molecular weight is 300 g/mol. The van der Waals surface area contributed by atoms with Gasteiger partial charge in [-0.25, -0.2) is 4.68 Å². The van der Waals surface area contributed by atoms with E-state index in [0.29, 0.717) is 5.82 Å². The van der Waals surface area contributed by atoms with Crippen LogP contribution in [0.5, 0.6) is 0 Å². The van der Waals surface area contributed by atoms with Crippen molar-refractivity contribution in [1.82, 2.24) is 14.8 Å². The van der Waals surface area contributed by atoms with Crippen LogP contribution in [0, 0.1) is 10.5 Å². The van der Waals surface area contributed by atoms with Gasteiger partial charge in [-0.1, -0.05) is 0 Å². The van der Waals surface area contributed by atoms with Gasteiger partial charge in [0, 0.05) is 12.4 Å². The number of halogens is 1. The monoisotopic (exact) mass is 300 g/mol. The fourth-order valence-corrected chi connectivity index (χ4v) is 1.54. The highest BCUT2D eigenvalue weighted by Gasteiger charge is 2.10. The highest BCUT2D eigenvalue weighted by molar-refractivity contribution is 14.1. The molecule has 72 valence electrons. The quantitative estimate of drug-likeness (QED) is 0.817. The molecule has 0 aliphatic rings. The summed E-state index contributed by atoms with van der Waals surface area (Å²) >= 11 is 2.19. The second kappa shape index (κ2) is 3.56. The molecule has 5 heteroatoms. The third-order valence-electron chi connectivity index (χ3n) is 1.93. The van der Waals surface area contributed by atoms with E-state index in [4.69, 9.17) is 5.73 Å². The molecule has 0 fully saturated rings. The number of nitrogens with two attached hydrogens (primary N) is 1. The Kier molecular flexibility index (Phi) is 2.40. The maximum absolute atomic E-state index is 5.91. The van der Waals surface area contributed by atoms with Gasteiger partial charge in [0.1, 0.15) is 5.82 Å². The topological polar surface area (TPSA) is 56.7 Å². The Morgan fingerprint density at radius 3 is 2.50 bits per heavy atom. The average Bonchev–Trinajstić information content (AvgIpc) is 2.47. The van der Waals surface area contributed by atoms with Gasteiger partial charge in [0.2, 0.25) is 0 Å². The fourth-order valence-electron chi connectivity index (χ4n) is 1.21. The van der Waals surface area contributed by atoms with E-state index in [1.807, 2.05) is 19.1 Å². The van der Waals surface area contributed by atoms with E-state index < -0.39 is 0 Å². The Morgan fingerprint density at radius 1 is 1.36 bits per heavy atom. The lowest BCUT2D eigenvalue weighted by atomic mass is 10.4. The van der Waals surface area contributed by atoms with Gasteiger partial charge in [0.15, 0.2) is 0 Å². The lowest BCUT2D eigenvalue weighted by Gasteiger charge is -2.02. The molecular weight excluding hydrogens is 291 g/mol. The number of aryl methyl sites for hydroxylation is 1. The van der Waals surface area contributed by atoms with Gasteiger partial charge in [-0.05, 0) is 41.6 Å². The van der Waals surface area contributed by atoms with Crippen molar-refractivity contribution in [2.75, 3.05) is 5.73 Å². The normalized spacial score (nSPS) is 10.4. The van der Waals surface area contributed by atoms with Crippen LogP contribution in [0.15, 0.2) is 24.5 Å². The Labute approximate surface area is 95.3 Å². The zero-order valence-electron chi connectivity index (χ0n) is 7.61. The summed E-state index contributed by atoms with van der Waals surface area (Å²) in [5, 5.41) is 4.34. The number of aromatic nitrogens is 3. The zero-order valence-corrected chi connectivity index (χ0v) is 9.76. The number of nitrogens with zero attached hydrogens (tertiary/aromatic N) is 3. The summed E-state index contributed by atoms with van der Waals surface area (Å²) in [5.41, 5.74) is 7.79. The van der Waals surface area contributed by atoms with Gasteiger partial charge >= 0.3 is 0 Å². The highest BCUT2D eigenvalue weighted by Crippen LogP contribution is 2.21. The van der Waals surface area contributed by atoms with Gasteiger partial charge < -0.3 is 5.73 Å². The predicted octanol–water partition coefficient (Wildman–Crippen LogP) is 1.76. The van der Waals surface area contributed by atoms with Crippen LogP contribution in [0.25, 0.3) is 5.69 Å². The Hall–Kier alpha value is -1.11. The van der Waals surface area contributed by atoms with Crippen LogP contribution in [0.3, 0.4) is 0 Å². The first-order chi connectivity index (χ1) is 6.70. The Balaban J connectivity index is 2.58. The van der Waals surface area contributed by atoms with Crippen molar-refractivity contribution in [3.63, 3.8) is 0 Å². The van der Waals surface area contributed by atoms with E-state index in [2.05, 4.69) is 32.7 Å². The van der Waals surface area contributed by atoms with Crippen LogP contribution in [-0.2, 0) is 0 Å². The maximum atomic E-state index is 5.91. The fraction of sp³-hybridized carbons (Fsp3) is 0.111. The Morgan fingerprint density at radius 2 is 2.00 bits per heavy atom. The lowest BCUT2D eigenvalue weighted by Crippen LogP contribution is -2.02. The van der Waals surface area contributed by atoms with E-state index in [0.717, 1.165) is 15.0 Å². The van der Waals surface area contributed by atoms with E-state index >= 15 is 0 Å². The smallest absolute Gasteiger partial charge is 0.140 e. The molecule has 0 unspecified atom stereocenters. The molecule has 0 amide bonds. The van der Waals surface area contributed by atoms with Gasteiger partial charge in [-0.15, -0.1) is 0 Å². The van der Waals surface area contributed by atoms with E-state index in [-0.39, 0.29) is 0 Å². The molecule has 0 aliphatic carbocycles. The van der Waals surface area contributed by atoms with Gasteiger partial charge in [-0.2, -0.15) is 5.10 Å². The summed E-state index contributed by atoms with van der Waals surface area (Å²) in [7, 11) is 0. The zero-order chi connectivity index (χ0) is 10.1. The Bertz CT molecular complexity index is 449. The van der Waals surface area contributed by atoms with Crippen LogP contribution in [0.2, 0.25) is 0 Å². The number of hydrogen-bond donors (Lipinski definition) is 1. The minimum atomic E-state index is 0.675. The second-order valence-electron chi connectivity index (χ2n) is 2.90. The van der Waals surface area contributed by atoms with Crippen molar-refractivity contribution < 1.29 is 0 Å². The summed E-state index contributed by atoms with van der Waals surface area (Å²) in [6.45, 7) is 1.94. The van der Waals surface area contributed by atoms with E-state index in [1.54, 1.807) is 17.1 Å². The lowest BCUT2D eigenvalue weighted by molar-refractivity contribution is 0.869. The van der Waals surface area contributed by atoms with Crippen molar-refractivity contribution in [1.29, 1.82) is 0 Å². The number of rotatable bonds is 1. The molecule has 14 heavy (non-hydrogen) atoms. The molecule has 0 bridgehead atoms. The van der Waals surface area contributed by atoms with Crippen molar-refractivity contribution in [3.05, 3.63) is 33.8 Å². The van der Waals surface area contributed by atoms with Crippen LogP contribution in [0.1, 0.15) is 5.69 Å².